The summed E-state index contributed by atoms with van der Waals surface area (Å²) in [5, 5.41) is 2.95. The van der Waals surface area contributed by atoms with Crippen LogP contribution < -0.4 is 10.0 Å². The van der Waals surface area contributed by atoms with Crippen LogP contribution in [-0.2, 0) is 23.1 Å². The standard InChI is InChI=1S/C13H18N4O3S/c1-9-10(2)20-12(17-9)8-16-21(18,19)13-5-4-11(6-14-3)7-15-13/h4-5,7,14,16H,6,8H2,1-3H3. The summed E-state index contributed by atoms with van der Waals surface area (Å²) in [5.74, 6) is 1.01. The smallest absolute Gasteiger partial charge is 0.258 e. The number of hydrogen-bond donors (Lipinski definition) is 2. The van der Waals surface area contributed by atoms with Gasteiger partial charge in [0, 0.05) is 12.7 Å². The van der Waals surface area contributed by atoms with Crippen LogP contribution in [0.4, 0.5) is 0 Å². The number of nitrogens with zero attached hydrogens (tertiary/aromatic N) is 2. The lowest BCUT2D eigenvalue weighted by molar-refractivity contribution is 0.462. The molecule has 0 unspecified atom stereocenters. The third-order valence-corrected chi connectivity index (χ3v) is 4.26. The Morgan fingerprint density at radius 3 is 2.52 bits per heavy atom. The van der Waals surface area contributed by atoms with Crippen LogP contribution in [0.3, 0.4) is 0 Å². The van der Waals surface area contributed by atoms with Gasteiger partial charge in [0.15, 0.2) is 5.03 Å². The first-order valence-corrected chi connectivity index (χ1v) is 7.93. The van der Waals surface area contributed by atoms with E-state index in [0.717, 1.165) is 11.3 Å². The molecule has 0 saturated heterocycles. The largest absolute Gasteiger partial charge is 0.444 e. The van der Waals surface area contributed by atoms with Crippen molar-refractivity contribution in [1.82, 2.24) is 20.0 Å². The van der Waals surface area contributed by atoms with Crippen LogP contribution in [0.15, 0.2) is 27.8 Å². The number of rotatable bonds is 6. The molecule has 2 aromatic heterocycles. The molecule has 0 radical (unpaired) electrons. The second-order valence-corrected chi connectivity index (χ2v) is 6.32. The van der Waals surface area contributed by atoms with Gasteiger partial charge in [-0.25, -0.2) is 23.1 Å². The van der Waals surface area contributed by atoms with Crippen LogP contribution in [0.25, 0.3) is 0 Å². The second kappa shape index (κ2) is 6.33. The van der Waals surface area contributed by atoms with Crippen LogP contribution in [0, 0.1) is 13.8 Å². The molecule has 0 spiro atoms. The van der Waals surface area contributed by atoms with Gasteiger partial charge in [-0.15, -0.1) is 0 Å². The van der Waals surface area contributed by atoms with E-state index in [4.69, 9.17) is 4.42 Å². The molecule has 0 fully saturated rings. The van der Waals surface area contributed by atoms with Gasteiger partial charge in [0.05, 0.1) is 12.2 Å². The van der Waals surface area contributed by atoms with E-state index >= 15 is 0 Å². The average molecular weight is 310 g/mol. The Morgan fingerprint density at radius 1 is 1.24 bits per heavy atom. The Hall–Kier alpha value is -1.77. The summed E-state index contributed by atoms with van der Waals surface area (Å²) >= 11 is 0. The van der Waals surface area contributed by atoms with Gasteiger partial charge in [0.2, 0.25) is 5.89 Å². The highest BCUT2D eigenvalue weighted by Crippen LogP contribution is 2.10. The van der Waals surface area contributed by atoms with E-state index in [1.54, 1.807) is 19.9 Å². The Balaban J connectivity index is 2.07. The Kier molecular flexibility index (Phi) is 4.71. The lowest BCUT2D eigenvalue weighted by Gasteiger charge is -2.05. The fourth-order valence-electron chi connectivity index (χ4n) is 1.72. The van der Waals surface area contributed by atoms with E-state index in [2.05, 4.69) is 20.0 Å². The van der Waals surface area contributed by atoms with Crippen molar-refractivity contribution < 1.29 is 12.8 Å². The number of oxazole rings is 1. The number of aryl methyl sites for hydroxylation is 2. The minimum absolute atomic E-state index is 0.00302. The minimum atomic E-state index is -3.68. The van der Waals surface area contributed by atoms with Gasteiger partial charge >= 0.3 is 0 Å². The molecule has 0 saturated carbocycles. The van der Waals surface area contributed by atoms with E-state index in [-0.39, 0.29) is 11.6 Å². The maximum absolute atomic E-state index is 12.1. The quantitative estimate of drug-likeness (QED) is 0.822. The molecule has 114 valence electrons. The molecule has 0 aliphatic rings. The van der Waals surface area contributed by atoms with Gasteiger partial charge < -0.3 is 9.73 Å². The zero-order valence-electron chi connectivity index (χ0n) is 12.2. The van der Waals surface area contributed by atoms with E-state index in [1.165, 1.54) is 12.3 Å². The molecule has 2 rings (SSSR count). The number of hydrogen-bond acceptors (Lipinski definition) is 6. The minimum Gasteiger partial charge on any atom is -0.444 e. The number of aromatic nitrogens is 2. The van der Waals surface area contributed by atoms with E-state index in [0.29, 0.717) is 18.2 Å². The highest BCUT2D eigenvalue weighted by Gasteiger charge is 2.17. The van der Waals surface area contributed by atoms with E-state index < -0.39 is 10.0 Å². The van der Waals surface area contributed by atoms with Crippen molar-refractivity contribution in [2.75, 3.05) is 7.05 Å². The van der Waals surface area contributed by atoms with Gasteiger partial charge in [-0.2, -0.15) is 0 Å². The third kappa shape index (κ3) is 3.87. The number of sulfonamides is 1. The maximum atomic E-state index is 12.1. The molecule has 21 heavy (non-hydrogen) atoms. The molecule has 8 heteroatoms. The normalized spacial score (nSPS) is 11.8. The van der Waals surface area contributed by atoms with Crippen LogP contribution in [-0.4, -0.2) is 25.4 Å². The van der Waals surface area contributed by atoms with Gasteiger partial charge in [-0.1, -0.05) is 6.07 Å². The molecule has 2 N–H and O–H groups in total. The fraction of sp³-hybridized carbons (Fsp3) is 0.385. The second-order valence-electron chi connectivity index (χ2n) is 4.61. The van der Waals surface area contributed by atoms with Gasteiger partial charge in [-0.3, -0.25) is 0 Å². The van der Waals surface area contributed by atoms with Crippen LogP contribution in [0.2, 0.25) is 0 Å². The summed E-state index contributed by atoms with van der Waals surface area (Å²) in [6.45, 7) is 4.22. The molecule has 2 aromatic rings. The van der Waals surface area contributed by atoms with Crippen molar-refractivity contribution in [3.05, 3.63) is 41.2 Å². The van der Waals surface area contributed by atoms with E-state index in [9.17, 15) is 8.42 Å². The lowest BCUT2D eigenvalue weighted by Crippen LogP contribution is -2.24. The SMILES string of the molecule is CNCc1ccc(S(=O)(=O)NCc2nc(C)c(C)o2)nc1. The molecular formula is C13H18N4O3S. The van der Waals surface area contributed by atoms with Gasteiger partial charge in [0.25, 0.3) is 10.0 Å². The summed E-state index contributed by atoms with van der Waals surface area (Å²) in [6.07, 6.45) is 1.53. The molecule has 0 aromatic carbocycles. The first-order valence-electron chi connectivity index (χ1n) is 6.44. The molecular weight excluding hydrogens is 292 g/mol. The molecule has 0 atom stereocenters. The van der Waals surface area contributed by atoms with Crippen molar-refractivity contribution >= 4 is 10.0 Å². The van der Waals surface area contributed by atoms with Gasteiger partial charge in [-0.05, 0) is 32.5 Å². The van der Waals surface area contributed by atoms with Crippen molar-refractivity contribution in [3.63, 3.8) is 0 Å². The fourth-order valence-corrected chi connectivity index (χ4v) is 2.62. The summed E-state index contributed by atoms with van der Waals surface area (Å²) in [5.41, 5.74) is 1.66. The monoisotopic (exact) mass is 310 g/mol. The zero-order chi connectivity index (χ0) is 15.5. The van der Waals surface area contributed by atoms with Crippen LogP contribution >= 0.6 is 0 Å². The predicted molar refractivity (Wildman–Crippen MR) is 77.0 cm³/mol. The van der Waals surface area contributed by atoms with Crippen molar-refractivity contribution in [2.45, 2.75) is 32.0 Å². The zero-order valence-corrected chi connectivity index (χ0v) is 13.0. The average Bonchev–Trinajstić information content (AvgIpc) is 2.77. The summed E-state index contributed by atoms with van der Waals surface area (Å²) in [4.78, 5) is 8.09. The number of nitrogens with one attached hydrogen (secondary N) is 2. The highest BCUT2D eigenvalue weighted by molar-refractivity contribution is 7.89. The van der Waals surface area contributed by atoms with Crippen LogP contribution in [0.5, 0.6) is 0 Å². The number of pyridine rings is 1. The van der Waals surface area contributed by atoms with Crippen molar-refractivity contribution in [2.24, 2.45) is 0 Å². The third-order valence-electron chi connectivity index (χ3n) is 2.94. The molecule has 0 aliphatic heterocycles. The predicted octanol–water partition coefficient (Wildman–Crippen LogP) is 0.884. The Labute approximate surface area is 123 Å². The molecule has 2 heterocycles. The van der Waals surface area contributed by atoms with Gasteiger partial charge in [0.1, 0.15) is 5.76 Å². The summed E-state index contributed by atoms with van der Waals surface area (Å²) in [6, 6.07) is 3.19. The lowest BCUT2D eigenvalue weighted by atomic mass is 10.3. The first-order chi connectivity index (χ1) is 9.92. The highest BCUT2D eigenvalue weighted by atomic mass is 32.2. The Morgan fingerprint density at radius 2 is 2.00 bits per heavy atom. The van der Waals surface area contributed by atoms with Crippen LogP contribution in [0.1, 0.15) is 22.9 Å². The van der Waals surface area contributed by atoms with Crippen molar-refractivity contribution in [3.8, 4) is 0 Å². The first kappa shape index (κ1) is 15.6. The summed E-state index contributed by atoms with van der Waals surface area (Å²) < 4.78 is 32.0. The maximum Gasteiger partial charge on any atom is 0.258 e. The van der Waals surface area contributed by atoms with E-state index in [1.807, 2.05) is 7.05 Å². The molecule has 0 aliphatic carbocycles. The summed E-state index contributed by atoms with van der Waals surface area (Å²) in [7, 11) is -1.86. The molecule has 0 amide bonds. The molecule has 0 bridgehead atoms. The van der Waals surface area contributed by atoms with Crippen molar-refractivity contribution in [1.29, 1.82) is 0 Å². The topological polar surface area (TPSA) is 97.1 Å². The Bertz CT molecular complexity index is 688. The molecule has 7 nitrogen and oxygen atoms in total.